The van der Waals surface area contributed by atoms with Gasteiger partial charge in [0.15, 0.2) is 0 Å². The van der Waals surface area contributed by atoms with Gasteiger partial charge in [0.2, 0.25) is 0 Å². The van der Waals surface area contributed by atoms with Crippen LogP contribution in [0.4, 0.5) is 0 Å². The normalized spacial score (nSPS) is 16.5. The number of aliphatic hydroxyl groups is 1. The van der Waals surface area contributed by atoms with Gasteiger partial charge in [-0.2, -0.15) is 0 Å². The second-order valence-corrected chi connectivity index (χ2v) is 15.2. The Balaban J connectivity index is 1.60. The van der Waals surface area contributed by atoms with E-state index in [1.807, 2.05) is 0 Å². The molecule has 1 aromatic rings. The number of imide groups is 1. The molecule has 13 heteroatoms. The van der Waals surface area contributed by atoms with Crippen LogP contribution in [0.2, 0.25) is 0 Å². The molecule has 0 fully saturated rings. The van der Waals surface area contributed by atoms with Crippen molar-refractivity contribution in [2.75, 3.05) is 26.4 Å². The number of benzene rings is 1. The Bertz CT molecular complexity index is 1040. The molecule has 2 rings (SSSR count). The van der Waals surface area contributed by atoms with Gasteiger partial charge in [0, 0.05) is 13.2 Å². The molecular weight excluding hydrogens is 584 g/mol. The zero-order valence-corrected chi connectivity index (χ0v) is 26.6. The number of rotatable bonds is 24. The standard InChI is InChI=1S/C29H49NO10P2/c1-2-3-4-5-6-7-8-9-10-11-12-13-14-17-21-39-22-18-23-40-42(37,38)29(33,41(34,35)36)24-30-27(31)25-19-15-16-20-26(25)28(30)32/h15-16,19-20,33H,2-14,17-18,21-24H2,1H3,(H,37,38)(H2,34,35,36). The van der Waals surface area contributed by atoms with Gasteiger partial charge in [-0.1, -0.05) is 103 Å². The summed E-state index contributed by atoms with van der Waals surface area (Å²) in [4.78, 5) is 55.4. The van der Waals surface area contributed by atoms with Crippen LogP contribution in [0.3, 0.4) is 0 Å². The van der Waals surface area contributed by atoms with Crippen LogP contribution in [0, 0.1) is 0 Å². The lowest BCUT2D eigenvalue weighted by Gasteiger charge is -2.34. The lowest BCUT2D eigenvalue weighted by atomic mass is 10.0. The van der Waals surface area contributed by atoms with E-state index in [-0.39, 0.29) is 24.2 Å². The van der Waals surface area contributed by atoms with Crippen molar-refractivity contribution in [2.24, 2.45) is 0 Å². The summed E-state index contributed by atoms with van der Waals surface area (Å²) in [6.07, 6.45) is 17.7. The Hall–Kier alpha value is -1.42. The van der Waals surface area contributed by atoms with Crippen LogP contribution in [0.25, 0.3) is 0 Å². The third-order valence-electron chi connectivity index (χ3n) is 7.51. The number of hydrogen-bond donors (Lipinski definition) is 4. The van der Waals surface area contributed by atoms with Crippen molar-refractivity contribution in [3.63, 3.8) is 0 Å². The second kappa shape index (κ2) is 18.4. The Morgan fingerprint density at radius 3 is 1.57 bits per heavy atom. The Labute approximate surface area is 249 Å². The monoisotopic (exact) mass is 633 g/mol. The topological polar surface area (TPSA) is 171 Å². The minimum absolute atomic E-state index is 0.0415. The van der Waals surface area contributed by atoms with Crippen molar-refractivity contribution >= 4 is 27.0 Å². The molecule has 1 aromatic carbocycles. The van der Waals surface area contributed by atoms with Gasteiger partial charge < -0.3 is 29.0 Å². The molecule has 0 saturated heterocycles. The highest BCUT2D eigenvalue weighted by atomic mass is 31.2. The average Bonchev–Trinajstić information content (AvgIpc) is 3.18. The Kier molecular flexibility index (Phi) is 16.1. The number of fused-ring (bicyclic) bond motifs is 1. The van der Waals surface area contributed by atoms with Gasteiger partial charge in [-0.05, 0) is 25.0 Å². The number of nitrogens with zero attached hydrogens (tertiary/aromatic N) is 1. The molecule has 1 aliphatic heterocycles. The largest absolute Gasteiger partial charge is 0.381 e. The highest BCUT2D eigenvalue weighted by Crippen LogP contribution is 2.70. The van der Waals surface area contributed by atoms with E-state index in [4.69, 9.17) is 9.26 Å². The summed E-state index contributed by atoms with van der Waals surface area (Å²) in [5, 5.41) is 7.03. The first kappa shape index (κ1) is 36.8. The molecule has 240 valence electrons. The van der Waals surface area contributed by atoms with Gasteiger partial charge in [0.25, 0.3) is 16.9 Å². The van der Waals surface area contributed by atoms with Gasteiger partial charge in [-0.25, -0.2) is 0 Å². The number of amides is 2. The molecule has 2 atom stereocenters. The highest BCUT2D eigenvalue weighted by molar-refractivity contribution is 7.72. The maximum absolute atomic E-state index is 12.8. The molecule has 2 unspecified atom stereocenters. The Morgan fingerprint density at radius 1 is 0.690 bits per heavy atom. The van der Waals surface area contributed by atoms with Gasteiger partial charge >= 0.3 is 15.2 Å². The zero-order chi connectivity index (χ0) is 31.1. The SMILES string of the molecule is CCCCCCCCCCCCCCCCOCCCOP(=O)(O)C(O)(CN1C(=O)c2ccccc2C1=O)P(=O)(O)O. The van der Waals surface area contributed by atoms with E-state index in [2.05, 4.69) is 6.92 Å². The van der Waals surface area contributed by atoms with Crippen LogP contribution in [-0.4, -0.2) is 67.9 Å². The summed E-state index contributed by atoms with van der Waals surface area (Å²) < 4.78 is 35.3. The number of carbonyl (C=O) groups excluding carboxylic acids is 2. The van der Waals surface area contributed by atoms with Gasteiger partial charge in [-0.3, -0.25) is 23.6 Å². The predicted molar refractivity (Wildman–Crippen MR) is 160 cm³/mol. The predicted octanol–water partition coefficient (Wildman–Crippen LogP) is 6.20. The van der Waals surface area contributed by atoms with E-state index in [0.717, 1.165) is 19.3 Å². The maximum Gasteiger partial charge on any atom is 0.373 e. The first-order chi connectivity index (χ1) is 20.0. The lowest BCUT2D eigenvalue weighted by molar-refractivity contribution is 0.0489. The van der Waals surface area contributed by atoms with Gasteiger partial charge in [-0.15, -0.1) is 0 Å². The van der Waals surface area contributed by atoms with Crippen LogP contribution in [-0.2, 0) is 18.4 Å². The average molecular weight is 634 g/mol. The molecule has 0 saturated carbocycles. The first-order valence-electron chi connectivity index (χ1n) is 15.2. The lowest BCUT2D eigenvalue weighted by Crippen LogP contribution is -2.45. The highest BCUT2D eigenvalue weighted by Gasteiger charge is 2.63. The molecule has 0 aromatic heterocycles. The molecule has 0 radical (unpaired) electrons. The van der Waals surface area contributed by atoms with Crippen molar-refractivity contribution in [1.82, 2.24) is 4.90 Å². The van der Waals surface area contributed by atoms with E-state index in [9.17, 15) is 38.5 Å². The molecule has 11 nitrogen and oxygen atoms in total. The molecule has 0 bridgehead atoms. The van der Waals surface area contributed by atoms with Crippen molar-refractivity contribution in [3.05, 3.63) is 35.4 Å². The minimum atomic E-state index is -5.76. The third kappa shape index (κ3) is 10.9. The first-order valence-corrected chi connectivity index (χ1v) is 18.4. The maximum atomic E-state index is 12.8. The Morgan fingerprint density at radius 2 is 1.12 bits per heavy atom. The van der Waals surface area contributed by atoms with E-state index >= 15 is 0 Å². The summed E-state index contributed by atoms with van der Waals surface area (Å²) in [5.41, 5.74) is -0.0830. The van der Waals surface area contributed by atoms with Crippen LogP contribution in [0.1, 0.15) is 124 Å². The fraction of sp³-hybridized carbons (Fsp3) is 0.724. The molecule has 4 N–H and O–H groups in total. The summed E-state index contributed by atoms with van der Waals surface area (Å²) >= 11 is 0. The fourth-order valence-electron chi connectivity index (χ4n) is 4.89. The number of hydrogen-bond acceptors (Lipinski definition) is 7. The van der Waals surface area contributed by atoms with E-state index in [1.54, 1.807) is 0 Å². The van der Waals surface area contributed by atoms with Crippen molar-refractivity contribution < 1.29 is 47.8 Å². The second-order valence-electron chi connectivity index (χ2n) is 11.0. The van der Waals surface area contributed by atoms with Crippen LogP contribution in [0.5, 0.6) is 0 Å². The quantitative estimate of drug-likeness (QED) is 0.0584. The van der Waals surface area contributed by atoms with Crippen LogP contribution < -0.4 is 0 Å². The summed E-state index contributed by atoms with van der Waals surface area (Å²) in [6, 6.07) is 5.65. The van der Waals surface area contributed by atoms with Gasteiger partial charge in [0.05, 0.1) is 24.3 Å². The molecular formula is C29H49NO10P2. The summed E-state index contributed by atoms with van der Waals surface area (Å²) in [6.45, 7) is 1.10. The van der Waals surface area contributed by atoms with Gasteiger partial charge in [0.1, 0.15) is 0 Å². The van der Waals surface area contributed by atoms with Crippen molar-refractivity contribution in [2.45, 2.75) is 108 Å². The number of β-amino-alcohol motifs (C(OH)–C–C–N with tert-alkyl or cyclic N) is 1. The van der Waals surface area contributed by atoms with E-state index < -0.39 is 45.2 Å². The summed E-state index contributed by atoms with van der Waals surface area (Å²) in [5.74, 6) is -1.89. The van der Waals surface area contributed by atoms with E-state index in [0.29, 0.717) is 11.5 Å². The molecule has 1 aliphatic rings. The van der Waals surface area contributed by atoms with Crippen molar-refractivity contribution in [3.8, 4) is 0 Å². The molecule has 42 heavy (non-hydrogen) atoms. The fourth-order valence-corrected chi connectivity index (χ4v) is 7.61. The number of ether oxygens (including phenoxy) is 1. The van der Waals surface area contributed by atoms with Crippen molar-refractivity contribution in [1.29, 1.82) is 0 Å². The molecule has 2 amide bonds. The minimum Gasteiger partial charge on any atom is -0.381 e. The van der Waals surface area contributed by atoms with E-state index in [1.165, 1.54) is 94.9 Å². The molecule has 0 aliphatic carbocycles. The summed E-state index contributed by atoms with van der Waals surface area (Å²) in [7, 11) is -11.2. The molecule has 1 heterocycles. The zero-order valence-electron chi connectivity index (χ0n) is 24.8. The smallest absolute Gasteiger partial charge is 0.373 e. The molecule has 0 spiro atoms. The third-order valence-corrected chi connectivity index (χ3v) is 11.7. The van der Waals surface area contributed by atoms with Crippen LogP contribution in [0.15, 0.2) is 24.3 Å². The number of unbranched alkanes of at least 4 members (excludes halogenated alkanes) is 13. The van der Waals surface area contributed by atoms with Crippen LogP contribution >= 0.6 is 15.2 Å². The number of carbonyl (C=O) groups is 2.